The highest BCUT2D eigenvalue weighted by atomic mass is 35.5. The number of amides is 1. The Balaban J connectivity index is 1.80. The number of halogens is 1. The second-order valence-corrected chi connectivity index (χ2v) is 10.8. The van der Waals surface area contributed by atoms with Gasteiger partial charge in [0.05, 0.1) is 17.4 Å². The molecule has 1 saturated heterocycles. The number of nitrogens with two attached hydrogens (primary N) is 1. The normalized spacial score (nSPS) is 17.3. The highest BCUT2D eigenvalue weighted by Crippen LogP contribution is 2.26. The van der Waals surface area contributed by atoms with Crippen LogP contribution in [0.15, 0.2) is 53.4 Å². The number of nitrogens with zero attached hydrogens (tertiary/aromatic N) is 1. The Hall–Kier alpha value is -2.42. The van der Waals surface area contributed by atoms with Gasteiger partial charge in [0.25, 0.3) is 0 Å². The molecule has 3 rings (SSSR count). The number of carbonyl (C=O) groups is 2. The lowest BCUT2D eigenvalue weighted by Gasteiger charge is -2.29. The average molecular weight is 491 g/mol. The molecule has 1 fully saturated rings. The van der Waals surface area contributed by atoms with Crippen LogP contribution in [-0.2, 0) is 19.6 Å². The van der Waals surface area contributed by atoms with Crippen LogP contribution in [0.2, 0.25) is 5.02 Å². The van der Waals surface area contributed by atoms with Crippen LogP contribution in [0, 0.1) is 12.3 Å². The molecular weight excluding hydrogens is 462 g/mol. The highest BCUT2D eigenvalue weighted by Gasteiger charge is 2.38. The van der Waals surface area contributed by atoms with Gasteiger partial charge in [0.1, 0.15) is 6.04 Å². The molecule has 0 bridgehead atoms. The molecule has 0 saturated carbocycles. The van der Waals surface area contributed by atoms with E-state index in [-0.39, 0.29) is 16.6 Å². The molecule has 0 aliphatic carbocycles. The van der Waals surface area contributed by atoms with E-state index in [0.29, 0.717) is 42.1 Å². The van der Waals surface area contributed by atoms with Crippen molar-refractivity contribution >= 4 is 39.0 Å². The van der Waals surface area contributed by atoms with Gasteiger partial charge in [-0.15, -0.1) is 0 Å². The van der Waals surface area contributed by atoms with Crippen molar-refractivity contribution in [3.8, 4) is 0 Å². The Labute approximate surface area is 200 Å². The van der Waals surface area contributed by atoms with Crippen molar-refractivity contribution < 1.29 is 18.0 Å². The van der Waals surface area contributed by atoms with E-state index in [0.717, 1.165) is 0 Å². The quantitative estimate of drug-likeness (QED) is 0.523. The lowest BCUT2D eigenvalue weighted by Crippen LogP contribution is -2.52. The molecule has 0 aromatic heterocycles. The van der Waals surface area contributed by atoms with E-state index in [4.69, 9.17) is 17.3 Å². The molecule has 0 spiro atoms. The third-order valence-electron chi connectivity index (χ3n) is 5.57. The van der Waals surface area contributed by atoms with Gasteiger partial charge in [0, 0.05) is 17.3 Å². The number of anilines is 1. The van der Waals surface area contributed by atoms with Crippen LogP contribution >= 0.6 is 11.6 Å². The molecule has 2 aromatic carbocycles. The minimum absolute atomic E-state index is 0.0620. The molecule has 0 unspecified atom stereocenters. The minimum atomic E-state index is -3.90. The fourth-order valence-corrected chi connectivity index (χ4v) is 5.38. The first-order valence-electron chi connectivity index (χ1n) is 10.9. The summed E-state index contributed by atoms with van der Waals surface area (Å²) in [5.41, 5.74) is 6.87. The van der Waals surface area contributed by atoms with Crippen LogP contribution < -0.4 is 10.5 Å². The molecule has 3 N–H and O–H groups in total. The number of ketones is 1. The first-order chi connectivity index (χ1) is 15.6. The van der Waals surface area contributed by atoms with Gasteiger partial charge >= 0.3 is 0 Å². The van der Waals surface area contributed by atoms with Gasteiger partial charge in [0.2, 0.25) is 15.9 Å². The molecule has 1 aliphatic heterocycles. The highest BCUT2D eigenvalue weighted by molar-refractivity contribution is 7.89. The van der Waals surface area contributed by atoms with Crippen LogP contribution in [0.5, 0.6) is 0 Å². The predicted molar refractivity (Wildman–Crippen MR) is 129 cm³/mol. The maximum atomic E-state index is 13.5. The summed E-state index contributed by atoms with van der Waals surface area (Å²) in [7, 11) is -3.90. The molecule has 2 atom stereocenters. The van der Waals surface area contributed by atoms with Gasteiger partial charge < -0.3 is 10.6 Å². The molecule has 1 aliphatic rings. The first-order valence-corrected chi connectivity index (χ1v) is 12.8. The van der Waals surface area contributed by atoms with Crippen LogP contribution in [0.3, 0.4) is 0 Å². The van der Waals surface area contributed by atoms with Crippen molar-refractivity contribution in [3.63, 3.8) is 0 Å². The second kappa shape index (κ2) is 10.7. The Morgan fingerprint density at radius 1 is 1.21 bits per heavy atom. The Bertz CT molecular complexity index is 1110. The third-order valence-corrected chi connectivity index (χ3v) is 7.29. The molecule has 33 heavy (non-hydrogen) atoms. The summed E-state index contributed by atoms with van der Waals surface area (Å²) in [5.74, 6) is -0.595. The van der Waals surface area contributed by atoms with Gasteiger partial charge in [-0.05, 0) is 61.1 Å². The van der Waals surface area contributed by atoms with Crippen LogP contribution in [0.4, 0.5) is 5.69 Å². The zero-order chi connectivity index (χ0) is 24.2. The summed E-state index contributed by atoms with van der Waals surface area (Å²) in [4.78, 5) is 28.1. The fraction of sp³-hybridized carbons (Fsp3) is 0.375. The topological polar surface area (TPSA) is 110 Å². The van der Waals surface area contributed by atoms with E-state index in [2.05, 4.69) is 4.72 Å². The smallest absolute Gasteiger partial charge is 0.241 e. The summed E-state index contributed by atoms with van der Waals surface area (Å²) in [6.45, 7) is 4.22. The van der Waals surface area contributed by atoms with Crippen molar-refractivity contribution in [2.75, 3.05) is 12.3 Å². The molecule has 1 heterocycles. The monoisotopic (exact) mass is 490 g/mol. The van der Waals surface area contributed by atoms with Gasteiger partial charge in [-0.2, -0.15) is 4.72 Å². The van der Waals surface area contributed by atoms with Crippen molar-refractivity contribution in [1.82, 2.24) is 9.62 Å². The molecule has 1 amide bonds. The van der Waals surface area contributed by atoms with Crippen LogP contribution in [0.1, 0.15) is 38.7 Å². The predicted octanol–water partition coefficient (Wildman–Crippen LogP) is 3.43. The van der Waals surface area contributed by atoms with Gasteiger partial charge in [-0.1, -0.05) is 43.6 Å². The molecule has 2 aromatic rings. The Kier molecular flexibility index (Phi) is 8.15. The van der Waals surface area contributed by atoms with Crippen LogP contribution in [0.25, 0.3) is 0 Å². The molecule has 7 nitrogen and oxygen atoms in total. The summed E-state index contributed by atoms with van der Waals surface area (Å²) < 4.78 is 28.3. The van der Waals surface area contributed by atoms with Gasteiger partial charge in [0.15, 0.2) is 5.78 Å². The zero-order valence-corrected chi connectivity index (χ0v) is 20.3. The molecule has 1 radical (unpaired) electrons. The van der Waals surface area contributed by atoms with Crippen molar-refractivity contribution in [2.45, 2.75) is 50.1 Å². The van der Waals surface area contributed by atoms with E-state index >= 15 is 0 Å². The van der Waals surface area contributed by atoms with Crippen molar-refractivity contribution in [2.24, 2.45) is 5.92 Å². The lowest BCUT2D eigenvalue weighted by atomic mass is 9.99. The Morgan fingerprint density at radius 3 is 2.58 bits per heavy atom. The number of hydrogen-bond donors (Lipinski definition) is 2. The summed E-state index contributed by atoms with van der Waals surface area (Å²) in [6.07, 6.45) is 2.87. The van der Waals surface area contributed by atoms with E-state index in [1.54, 1.807) is 36.4 Å². The number of Topliss-reactive ketones (excluding diaryl/α,β-unsaturated/α-hetero) is 1. The number of sulfonamides is 1. The number of likely N-dealkylation sites (tertiary alicyclic amines) is 1. The van der Waals surface area contributed by atoms with E-state index in [1.165, 1.54) is 23.5 Å². The standard InChI is InChI=1S/C24H29ClN3O4S/c1-16(2)13-21(27-33(31,32)19-7-4-3-5-8-19)24(30)28-12-6-9-22(28)23(29)15-17-14-18(25)10-11-20(17)26/h3-5,7-8,10-11,14-16,21-22,27H,6,9,12-13,26H2,1-2H3/t21-,22+/m1/s1. The molecule has 9 heteroatoms. The maximum absolute atomic E-state index is 13.5. The summed E-state index contributed by atoms with van der Waals surface area (Å²) in [5, 5.41) is 0.454. The van der Waals surface area contributed by atoms with Crippen LogP contribution in [-0.4, -0.2) is 43.6 Å². The van der Waals surface area contributed by atoms with Crippen molar-refractivity contribution in [3.05, 3.63) is 65.5 Å². The first kappa shape index (κ1) is 25.2. The van der Waals surface area contributed by atoms with Gasteiger partial charge in [-0.3, -0.25) is 9.59 Å². The SMILES string of the molecule is CC(C)C[C@@H](NS(=O)(=O)c1ccccc1)C(=O)N1CCC[C@H]1C(=O)[CH]c1cc(Cl)ccc1N. The number of benzene rings is 2. The molecular formula is C24H29ClN3O4S. The number of carbonyl (C=O) groups excluding carboxylic acids is 2. The summed E-state index contributed by atoms with van der Waals surface area (Å²) in [6, 6.07) is 11.1. The minimum Gasteiger partial charge on any atom is -0.398 e. The van der Waals surface area contributed by atoms with E-state index < -0.39 is 28.0 Å². The number of nitrogen functional groups attached to an aromatic ring is 1. The Morgan fingerprint density at radius 2 is 1.91 bits per heavy atom. The fourth-order valence-electron chi connectivity index (χ4n) is 3.97. The second-order valence-electron chi connectivity index (χ2n) is 8.63. The zero-order valence-electron chi connectivity index (χ0n) is 18.7. The summed E-state index contributed by atoms with van der Waals surface area (Å²) >= 11 is 6.02. The largest absolute Gasteiger partial charge is 0.398 e. The lowest BCUT2D eigenvalue weighted by molar-refractivity contribution is -0.138. The number of nitrogens with one attached hydrogen (secondary N) is 1. The maximum Gasteiger partial charge on any atom is 0.241 e. The number of hydrogen-bond acceptors (Lipinski definition) is 5. The van der Waals surface area contributed by atoms with Gasteiger partial charge in [-0.25, -0.2) is 8.42 Å². The third kappa shape index (κ3) is 6.34. The number of rotatable bonds is 9. The van der Waals surface area contributed by atoms with E-state index in [1.807, 2.05) is 13.8 Å². The average Bonchev–Trinajstić information content (AvgIpc) is 3.25. The van der Waals surface area contributed by atoms with E-state index in [9.17, 15) is 18.0 Å². The molecule has 177 valence electrons. The van der Waals surface area contributed by atoms with Crippen molar-refractivity contribution in [1.29, 1.82) is 0 Å².